The highest BCUT2D eigenvalue weighted by Crippen LogP contribution is 2.39. The van der Waals surface area contributed by atoms with Crippen molar-refractivity contribution in [2.75, 3.05) is 32.8 Å². The Morgan fingerprint density at radius 1 is 0.714 bits per heavy atom. The van der Waals surface area contributed by atoms with Crippen LogP contribution in [0.5, 0.6) is 0 Å². The number of carbonyl (C=O) groups excluding carboxylic acids is 2. The number of rotatable bonds is 5. The molecule has 0 atom stereocenters. The first-order valence-electron chi connectivity index (χ1n) is 12.3. The van der Waals surface area contributed by atoms with Crippen LogP contribution in [0.25, 0.3) is 0 Å². The normalized spacial score (nSPS) is 20.0. The van der Waals surface area contributed by atoms with Gasteiger partial charge in [-0.2, -0.15) is 0 Å². The Morgan fingerprint density at radius 3 is 1.77 bits per heavy atom. The lowest BCUT2D eigenvalue weighted by Gasteiger charge is -2.40. The minimum Gasteiger partial charge on any atom is -0.432 e. The number of hydrogen-bond donors (Lipinski definition) is 0. The summed E-state index contributed by atoms with van der Waals surface area (Å²) in [5, 5.41) is 0. The largest absolute Gasteiger partial charge is 0.432 e. The average molecular weight is 468 g/mol. The molecule has 2 aliphatic heterocycles. The molecule has 3 aliphatic rings. The Bertz CT molecular complexity index is 1160. The molecule has 0 radical (unpaired) electrons. The lowest BCUT2D eigenvalue weighted by atomic mass is 9.96. The molecule has 3 aromatic carbocycles. The SMILES string of the molecule is O=C1OC2(Cc3ccccc3C2)C(=O)N1CN1CCN(C(c2ccccc2)c2ccccc2)CC1. The van der Waals surface area contributed by atoms with Crippen LogP contribution in [0.1, 0.15) is 28.3 Å². The summed E-state index contributed by atoms with van der Waals surface area (Å²) in [5.41, 5.74) is 3.67. The van der Waals surface area contributed by atoms with E-state index < -0.39 is 11.7 Å². The molecular formula is C29H29N3O3. The maximum absolute atomic E-state index is 13.4. The van der Waals surface area contributed by atoms with E-state index in [2.05, 4.69) is 58.3 Å². The van der Waals surface area contributed by atoms with Gasteiger partial charge in [0.05, 0.1) is 12.7 Å². The molecular weight excluding hydrogens is 438 g/mol. The van der Waals surface area contributed by atoms with Gasteiger partial charge in [0.1, 0.15) is 0 Å². The molecule has 3 aromatic rings. The zero-order valence-electron chi connectivity index (χ0n) is 19.7. The first-order chi connectivity index (χ1) is 17.1. The number of piperazine rings is 1. The topological polar surface area (TPSA) is 53.1 Å². The van der Waals surface area contributed by atoms with Crippen molar-refractivity contribution in [2.24, 2.45) is 0 Å². The predicted octanol–water partition coefficient (Wildman–Crippen LogP) is 3.87. The molecule has 178 valence electrons. The summed E-state index contributed by atoms with van der Waals surface area (Å²) in [5.74, 6) is -0.201. The molecule has 2 amide bonds. The molecule has 0 N–H and O–H groups in total. The third-order valence-corrected chi connectivity index (χ3v) is 7.55. The van der Waals surface area contributed by atoms with Crippen molar-refractivity contribution in [3.63, 3.8) is 0 Å². The number of benzene rings is 3. The Labute approximate surface area is 205 Å². The molecule has 2 fully saturated rings. The van der Waals surface area contributed by atoms with Crippen molar-refractivity contribution in [1.29, 1.82) is 0 Å². The van der Waals surface area contributed by atoms with Gasteiger partial charge >= 0.3 is 6.09 Å². The fourth-order valence-corrected chi connectivity index (χ4v) is 5.77. The van der Waals surface area contributed by atoms with E-state index in [-0.39, 0.29) is 18.6 Å². The van der Waals surface area contributed by atoms with Gasteiger partial charge in [0.15, 0.2) is 0 Å². The van der Waals surface area contributed by atoms with E-state index in [1.165, 1.54) is 16.0 Å². The molecule has 35 heavy (non-hydrogen) atoms. The van der Waals surface area contributed by atoms with Gasteiger partial charge in [0.2, 0.25) is 5.60 Å². The summed E-state index contributed by atoms with van der Waals surface area (Å²) in [6, 6.07) is 29.3. The van der Waals surface area contributed by atoms with E-state index in [1.54, 1.807) is 0 Å². The molecule has 2 saturated heterocycles. The molecule has 0 unspecified atom stereocenters. The minimum atomic E-state index is -1.06. The molecule has 6 nitrogen and oxygen atoms in total. The Kier molecular flexibility index (Phi) is 5.63. The molecule has 6 heteroatoms. The number of nitrogens with zero attached hydrogens (tertiary/aromatic N) is 3. The summed E-state index contributed by atoms with van der Waals surface area (Å²) >= 11 is 0. The van der Waals surface area contributed by atoms with Crippen molar-refractivity contribution in [3.8, 4) is 0 Å². The minimum absolute atomic E-state index is 0.179. The van der Waals surface area contributed by atoms with E-state index in [4.69, 9.17) is 4.74 Å². The first kappa shape index (κ1) is 22.0. The van der Waals surface area contributed by atoms with Crippen LogP contribution in [0.2, 0.25) is 0 Å². The van der Waals surface area contributed by atoms with Gasteiger partial charge in [-0.25, -0.2) is 9.69 Å². The van der Waals surface area contributed by atoms with Crippen LogP contribution in [0.15, 0.2) is 84.9 Å². The number of fused-ring (bicyclic) bond motifs is 1. The van der Waals surface area contributed by atoms with Crippen molar-refractivity contribution in [3.05, 3.63) is 107 Å². The summed E-state index contributed by atoms with van der Waals surface area (Å²) in [6.45, 7) is 3.54. The number of hydrogen-bond acceptors (Lipinski definition) is 5. The zero-order chi connectivity index (χ0) is 23.8. The number of imide groups is 1. The number of carbonyl (C=O) groups is 2. The third-order valence-electron chi connectivity index (χ3n) is 7.55. The fraction of sp³-hybridized carbons (Fsp3) is 0.310. The van der Waals surface area contributed by atoms with Crippen LogP contribution in [0, 0.1) is 0 Å². The monoisotopic (exact) mass is 467 g/mol. The lowest BCUT2D eigenvalue weighted by molar-refractivity contribution is -0.137. The second-order valence-electron chi connectivity index (χ2n) is 9.74. The molecule has 1 aliphatic carbocycles. The van der Waals surface area contributed by atoms with Gasteiger partial charge in [0.25, 0.3) is 5.91 Å². The van der Waals surface area contributed by atoms with E-state index in [1.807, 2.05) is 36.4 Å². The van der Waals surface area contributed by atoms with Gasteiger partial charge in [-0.3, -0.25) is 14.6 Å². The standard InChI is InChI=1S/C29H29N3O3/c33-27-29(19-24-13-7-8-14-25(24)20-29)35-28(34)32(27)21-30-15-17-31(18-16-30)26(22-9-3-1-4-10-22)23-11-5-2-6-12-23/h1-14,26H,15-21H2. The van der Waals surface area contributed by atoms with Gasteiger partial charge in [-0.15, -0.1) is 0 Å². The van der Waals surface area contributed by atoms with Crippen LogP contribution in [0.3, 0.4) is 0 Å². The smallest absolute Gasteiger partial charge is 0.418 e. The summed E-state index contributed by atoms with van der Waals surface area (Å²) in [4.78, 5) is 32.1. The van der Waals surface area contributed by atoms with Crippen molar-refractivity contribution in [2.45, 2.75) is 24.5 Å². The van der Waals surface area contributed by atoms with Gasteiger partial charge in [-0.05, 0) is 22.3 Å². The van der Waals surface area contributed by atoms with Crippen molar-refractivity contribution >= 4 is 12.0 Å². The van der Waals surface area contributed by atoms with E-state index in [0.717, 1.165) is 37.3 Å². The molecule has 1 spiro atoms. The number of amides is 2. The molecule has 6 rings (SSSR count). The van der Waals surface area contributed by atoms with E-state index in [9.17, 15) is 9.59 Å². The van der Waals surface area contributed by atoms with Crippen molar-refractivity contribution < 1.29 is 14.3 Å². The Morgan fingerprint density at radius 2 is 1.23 bits per heavy atom. The maximum atomic E-state index is 13.4. The van der Waals surface area contributed by atoms with Crippen molar-refractivity contribution in [1.82, 2.24) is 14.7 Å². The quantitative estimate of drug-likeness (QED) is 0.570. The number of ether oxygens (including phenoxy) is 1. The van der Waals surface area contributed by atoms with Gasteiger partial charge in [0, 0.05) is 39.0 Å². The second kappa shape index (κ2) is 8.95. The summed E-state index contributed by atoms with van der Waals surface area (Å²) < 4.78 is 5.73. The summed E-state index contributed by atoms with van der Waals surface area (Å²) in [7, 11) is 0. The van der Waals surface area contributed by atoms with Crippen LogP contribution in [0.4, 0.5) is 4.79 Å². The fourth-order valence-electron chi connectivity index (χ4n) is 5.77. The molecule has 0 bridgehead atoms. The van der Waals surface area contributed by atoms with Gasteiger partial charge < -0.3 is 4.74 Å². The van der Waals surface area contributed by atoms with Crippen LogP contribution in [-0.2, 0) is 22.4 Å². The maximum Gasteiger partial charge on any atom is 0.418 e. The van der Waals surface area contributed by atoms with E-state index in [0.29, 0.717) is 12.8 Å². The first-order valence-corrected chi connectivity index (χ1v) is 12.3. The second-order valence-corrected chi connectivity index (χ2v) is 9.74. The highest BCUT2D eigenvalue weighted by atomic mass is 16.6. The lowest BCUT2D eigenvalue weighted by Crippen LogP contribution is -2.52. The molecule has 2 heterocycles. The van der Waals surface area contributed by atoms with E-state index >= 15 is 0 Å². The van der Waals surface area contributed by atoms with Crippen LogP contribution < -0.4 is 0 Å². The Hall–Kier alpha value is -3.48. The highest BCUT2D eigenvalue weighted by Gasteiger charge is 2.57. The summed E-state index contributed by atoms with van der Waals surface area (Å²) in [6.07, 6.45) is 0.415. The molecule has 0 aromatic heterocycles. The zero-order valence-corrected chi connectivity index (χ0v) is 19.7. The third kappa shape index (κ3) is 4.03. The van der Waals surface area contributed by atoms with Gasteiger partial charge in [-0.1, -0.05) is 84.9 Å². The predicted molar refractivity (Wildman–Crippen MR) is 133 cm³/mol. The van der Waals surface area contributed by atoms with Crippen LogP contribution >= 0.6 is 0 Å². The Balaban J connectivity index is 1.13. The average Bonchev–Trinajstić information content (AvgIpc) is 3.38. The van der Waals surface area contributed by atoms with Crippen LogP contribution in [-0.4, -0.2) is 65.1 Å². The highest BCUT2D eigenvalue weighted by molar-refractivity contribution is 6.03. The molecule has 0 saturated carbocycles.